The van der Waals surface area contributed by atoms with Crippen molar-refractivity contribution in [2.45, 2.75) is 44.1 Å². The highest BCUT2D eigenvalue weighted by Gasteiger charge is 2.46. The maximum Gasteiger partial charge on any atom is 0.254 e. The van der Waals surface area contributed by atoms with Crippen LogP contribution in [0.3, 0.4) is 0 Å². The van der Waals surface area contributed by atoms with Crippen molar-refractivity contribution in [2.75, 3.05) is 19.8 Å². The van der Waals surface area contributed by atoms with E-state index in [4.69, 9.17) is 14.7 Å². The first-order chi connectivity index (χ1) is 14.1. The molecule has 2 aromatic carbocycles. The van der Waals surface area contributed by atoms with Gasteiger partial charge < -0.3 is 14.4 Å². The molecule has 2 aromatic rings. The molecule has 148 valence electrons. The fourth-order valence-electron chi connectivity index (χ4n) is 5.21. The van der Waals surface area contributed by atoms with E-state index in [2.05, 4.69) is 25.1 Å². The summed E-state index contributed by atoms with van der Waals surface area (Å²) in [4.78, 5) is 15.4. The molecule has 1 amide bonds. The number of nitriles is 1. The normalized spacial score (nSPS) is 21.5. The van der Waals surface area contributed by atoms with E-state index in [1.54, 1.807) is 24.3 Å². The van der Waals surface area contributed by atoms with Crippen LogP contribution in [0.4, 0.5) is 0 Å². The quantitative estimate of drug-likeness (QED) is 0.728. The van der Waals surface area contributed by atoms with Crippen molar-refractivity contribution in [1.29, 1.82) is 5.26 Å². The highest BCUT2D eigenvalue weighted by molar-refractivity contribution is 5.95. The fourth-order valence-corrected chi connectivity index (χ4v) is 5.21. The van der Waals surface area contributed by atoms with Crippen LogP contribution in [0, 0.1) is 11.3 Å². The van der Waals surface area contributed by atoms with Gasteiger partial charge in [-0.3, -0.25) is 4.79 Å². The molecule has 3 aliphatic rings. The van der Waals surface area contributed by atoms with Gasteiger partial charge in [-0.25, -0.2) is 0 Å². The second-order valence-corrected chi connectivity index (χ2v) is 8.37. The third-order valence-electron chi connectivity index (χ3n) is 6.76. The summed E-state index contributed by atoms with van der Waals surface area (Å²) in [7, 11) is 0. The Labute approximate surface area is 170 Å². The van der Waals surface area contributed by atoms with Gasteiger partial charge in [-0.1, -0.05) is 12.8 Å². The Morgan fingerprint density at radius 1 is 1.10 bits per heavy atom. The largest absolute Gasteiger partial charge is 0.486 e. The van der Waals surface area contributed by atoms with Crippen molar-refractivity contribution in [3.8, 4) is 17.6 Å². The van der Waals surface area contributed by atoms with E-state index in [0.717, 1.165) is 30.9 Å². The lowest BCUT2D eigenvalue weighted by Gasteiger charge is -2.46. The van der Waals surface area contributed by atoms with E-state index in [-0.39, 0.29) is 17.4 Å². The molecule has 0 aromatic heterocycles. The van der Waals surface area contributed by atoms with E-state index < -0.39 is 0 Å². The van der Waals surface area contributed by atoms with E-state index >= 15 is 0 Å². The molecule has 2 aliphatic heterocycles. The van der Waals surface area contributed by atoms with Gasteiger partial charge in [-0.2, -0.15) is 5.26 Å². The lowest BCUT2D eigenvalue weighted by molar-refractivity contribution is 0.0593. The molecule has 0 radical (unpaired) electrons. The number of carbonyl (C=O) groups is 1. The Morgan fingerprint density at radius 2 is 1.76 bits per heavy atom. The second-order valence-electron chi connectivity index (χ2n) is 8.37. The van der Waals surface area contributed by atoms with Crippen LogP contribution < -0.4 is 9.47 Å². The number of nitrogens with zero attached hydrogens (tertiary/aromatic N) is 2. The van der Waals surface area contributed by atoms with Gasteiger partial charge in [-0.05, 0) is 67.3 Å². The topological polar surface area (TPSA) is 62.6 Å². The van der Waals surface area contributed by atoms with Crippen molar-refractivity contribution in [3.05, 3.63) is 58.7 Å². The molecule has 1 spiro atoms. The van der Waals surface area contributed by atoms with Crippen LogP contribution in [0.5, 0.6) is 11.5 Å². The van der Waals surface area contributed by atoms with Gasteiger partial charge in [0.2, 0.25) is 0 Å². The van der Waals surface area contributed by atoms with Crippen molar-refractivity contribution in [2.24, 2.45) is 0 Å². The molecule has 0 unspecified atom stereocenters. The van der Waals surface area contributed by atoms with Crippen LogP contribution in [0.1, 0.15) is 65.7 Å². The number of rotatable bonds is 1. The molecule has 1 fully saturated rings. The lowest BCUT2D eigenvalue weighted by atomic mass is 9.71. The third kappa shape index (κ3) is 2.86. The number of fused-ring (bicyclic) bond motifs is 3. The molecule has 0 saturated heterocycles. The molecule has 5 rings (SSSR count). The highest BCUT2D eigenvalue weighted by atomic mass is 16.6. The summed E-state index contributed by atoms with van der Waals surface area (Å²) < 4.78 is 11.7. The molecule has 29 heavy (non-hydrogen) atoms. The maximum absolute atomic E-state index is 13.4. The van der Waals surface area contributed by atoms with E-state index in [0.29, 0.717) is 24.3 Å². The fraction of sp³-hybridized carbons (Fsp3) is 0.417. The minimum atomic E-state index is -0.0461. The molecule has 2 heterocycles. The summed E-state index contributed by atoms with van der Waals surface area (Å²) in [6.07, 6.45) is 4.54. The van der Waals surface area contributed by atoms with Gasteiger partial charge in [0, 0.05) is 17.5 Å². The summed E-state index contributed by atoms with van der Waals surface area (Å²) >= 11 is 0. The van der Waals surface area contributed by atoms with Gasteiger partial charge in [0.05, 0.1) is 17.7 Å². The number of hydrogen-bond acceptors (Lipinski definition) is 4. The van der Waals surface area contributed by atoms with Crippen LogP contribution in [0.2, 0.25) is 0 Å². The van der Waals surface area contributed by atoms with Crippen LogP contribution in [-0.4, -0.2) is 30.6 Å². The minimum absolute atomic E-state index is 0.0140. The van der Waals surface area contributed by atoms with Crippen LogP contribution in [0.15, 0.2) is 36.4 Å². The molecule has 1 atom stereocenters. The molecule has 5 heteroatoms. The molecular weight excluding hydrogens is 364 g/mol. The second kappa shape index (κ2) is 6.81. The summed E-state index contributed by atoms with van der Waals surface area (Å²) in [6.45, 7) is 3.95. The average Bonchev–Trinajstić information content (AvgIpc) is 3.24. The summed E-state index contributed by atoms with van der Waals surface area (Å²) in [5.74, 6) is 1.64. The zero-order chi connectivity index (χ0) is 20.0. The first-order valence-corrected chi connectivity index (χ1v) is 10.4. The van der Waals surface area contributed by atoms with Crippen LogP contribution >= 0.6 is 0 Å². The van der Waals surface area contributed by atoms with Gasteiger partial charge in [0.1, 0.15) is 13.2 Å². The van der Waals surface area contributed by atoms with Crippen LogP contribution in [0.25, 0.3) is 0 Å². The SMILES string of the molecule is C[C@@H]1c2cc3c(cc2C2(CCCC2)CN1C(=O)c1ccc(C#N)cc1)OCCO3. The molecule has 1 saturated carbocycles. The summed E-state index contributed by atoms with van der Waals surface area (Å²) in [5.41, 5.74) is 3.68. The van der Waals surface area contributed by atoms with Crippen molar-refractivity contribution < 1.29 is 14.3 Å². The number of ether oxygens (including phenoxy) is 2. The summed E-state index contributed by atoms with van der Waals surface area (Å²) in [6, 6.07) is 13.3. The van der Waals surface area contributed by atoms with Gasteiger partial charge in [0.15, 0.2) is 11.5 Å². The predicted molar refractivity (Wildman–Crippen MR) is 108 cm³/mol. The standard InChI is InChI=1S/C24H24N2O3/c1-16-19-12-21-22(29-11-10-28-21)13-20(19)24(8-2-3-9-24)15-26(16)23(27)18-6-4-17(14-25)5-7-18/h4-7,12-13,16H,2-3,8-11,15H2,1H3/t16-/m1/s1. The lowest BCUT2D eigenvalue weighted by Crippen LogP contribution is -2.48. The molecule has 5 nitrogen and oxygen atoms in total. The van der Waals surface area contributed by atoms with Crippen LogP contribution in [-0.2, 0) is 5.41 Å². The number of hydrogen-bond donors (Lipinski definition) is 0. The number of benzene rings is 2. The van der Waals surface area contributed by atoms with E-state index in [9.17, 15) is 4.79 Å². The molecule has 0 bridgehead atoms. The average molecular weight is 388 g/mol. The Balaban J connectivity index is 1.57. The van der Waals surface area contributed by atoms with E-state index in [1.807, 2.05) is 4.90 Å². The van der Waals surface area contributed by atoms with Gasteiger partial charge >= 0.3 is 0 Å². The maximum atomic E-state index is 13.4. The van der Waals surface area contributed by atoms with Gasteiger partial charge in [0.25, 0.3) is 5.91 Å². The van der Waals surface area contributed by atoms with Crippen molar-refractivity contribution >= 4 is 5.91 Å². The van der Waals surface area contributed by atoms with E-state index in [1.165, 1.54) is 24.0 Å². The third-order valence-corrected chi connectivity index (χ3v) is 6.76. The van der Waals surface area contributed by atoms with Crippen molar-refractivity contribution in [1.82, 2.24) is 4.90 Å². The van der Waals surface area contributed by atoms with Crippen molar-refractivity contribution in [3.63, 3.8) is 0 Å². The predicted octanol–water partition coefficient (Wildman–Crippen LogP) is 4.36. The number of amides is 1. The highest BCUT2D eigenvalue weighted by Crippen LogP contribution is 2.52. The van der Waals surface area contributed by atoms with Gasteiger partial charge in [-0.15, -0.1) is 0 Å². The monoisotopic (exact) mass is 388 g/mol. The Bertz CT molecular complexity index is 1000. The summed E-state index contributed by atoms with van der Waals surface area (Å²) in [5, 5.41) is 9.04. The smallest absolute Gasteiger partial charge is 0.254 e. The zero-order valence-corrected chi connectivity index (χ0v) is 16.6. The Hall–Kier alpha value is -3.00. The molecule has 0 N–H and O–H groups in total. The number of carbonyl (C=O) groups excluding carboxylic acids is 1. The Kier molecular flexibility index (Phi) is 4.24. The first-order valence-electron chi connectivity index (χ1n) is 10.4. The Morgan fingerprint density at radius 3 is 2.41 bits per heavy atom. The minimum Gasteiger partial charge on any atom is -0.486 e. The molecule has 1 aliphatic carbocycles. The first kappa shape index (κ1) is 18.1. The molecular formula is C24H24N2O3. The zero-order valence-electron chi connectivity index (χ0n) is 16.6.